The molecule has 0 saturated heterocycles. The minimum atomic E-state index is -0.113. The monoisotopic (exact) mass is 290 g/mol. The molecule has 2 atom stereocenters. The molecular formula is C18H30N2O. The number of rotatable bonds is 9. The van der Waals surface area contributed by atoms with Crippen LogP contribution in [0.1, 0.15) is 45.6 Å². The van der Waals surface area contributed by atoms with Gasteiger partial charge in [0.15, 0.2) is 0 Å². The summed E-state index contributed by atoms with van der Waals surface area (Å²) in [4.78, 5) is 14.9. The van der Waals surface area contributed by atoms with Gasteiger partial charge in [-0.05, 0) is 31.7 Å². The van der Waals surface area contributed by atoms with Gasteiger partial charge in [-0.2, -0.15) is 0 Å². The van der Waals surface area contributed by atoms with Gasteiger partial charge in [0.05, 0.1) is 5.92 Å². The summed E-state index contributed by atoms with van der Waals surface area (Å²) >= 11 is 0. The topological polar surface area (TPSA) is 46.3 Å². The van der Waals surface area contributed by atoms with Crippen LogP contribution in [0.3, 0.4) is 0 Å². The molecule has 1 aromatic rings. The SMILES string of the molecule is CCCCN(C(=O)C(CN)Cc1ccccc1)C(C)CC. The zero-order valence-corrected chi connectivity index (χ0v) is 13.7. The number of unbranched alkanes of at least 4 members (excludes halogenated alkanes) is 1. The fourth-order valence-corrected chi connectivity index (χ4v) is 2.50. The summed E-state index contributed by atoms with van der Waals surface area (Å²) in [7, 11) is 0. The maximum Gasteiger partial charge on any atom is 0.227 e. The number of carbonyl (C=O) groups excluding carboxylic acids is 1. The summed E-state index contributed by atoms with van der Waals surface area (Å²) in [6.07, 6.45) is 3.87. The zero-order chi connectivity index (χ0) is 15.7. The molecule has 1 rings (SSSR count). The Kier molecular flexibility index (Phi) is 8.06. The maximum atomic E-state index is 12.8. The van der Waals surface area contributed by atoms with E-state index < -0.39 is 0 Å². The van der Waals surface area contributed by atoms with E-state index in [-0.39, 0.29) is 17.9 Å². The van der Waals surface area contributed by atoms with Crippen molar-refractivity contribution in [2.24, 2.45) is 11.7 Å². The highest BCUT2D eigenvalue weighted by Crippen LogP contribution is 2.15. The highest BCUT2D eigenvalue weighted by atomic mass is 16.2. The van der Waals surface area contributed by atoms with Crippen molar-refractivity contribution in [1.29, 1.82) is 0 Å². The molecule has 3 heteroatoms. The van der Waals surface area contributed by atoms with E-state index in [0.717, 1.165) is 32.2 Å². The van der Waals surface area contributed by atoms with Gasteiger partial charge in [-0.1, -0.05) is 50.6 Å². The Morgan fingerprint density at radius 2 is 1.90 bits per heavy atom. The Labute approximate surface area is 129 Å². The third-order valence-electron chi connectivity index (χ3n) is 4.12. The van der Waals surface area contributed by atoms with Crippen LogP contribution < -0.4 is 5.73 Å². The molecule has 0 aliphatic carbocycles. The molecule has 0 aromatic heterocycles. The number of carbonyl (C=O) groups is 1. The Hall–Kier alpha value is -1.35. The highest BCUT2D eigenvalue weighted by Gasteiger charge is 2.25. The van der Waals surface area contributed by atoms with Gasteiger partial charge < -0.3 is 10.6 Å². The lowest BCUT2D eigenvalue weighted by Crippen LogP contribution is -2.45. The Morgan fingerprint density at radius 3 is 2.43 bits per heavy atom. The van der Waals surface area contributed by atoms with Crippen LogP contribution >= 0.6 is 0 Å². The van der Waals surface area contributed by atoms with E-state index in [4.69, 9.17) is 5.73 Å². The molecule has 1 amide bonds. The highest BCUT2D eigenvalue weighted by molar-refractivity contribution is 5.79. The minimum Gasteiger partial charge on any atom is -0.340 e. The molecule has 0 aliphatic rings. The van der Waals surface area contributed by atoms with Crippen molar-refractivity contribution in [3.05, 3.63) is 35.9 Å². The average molecular weight is 290 g/mol. The molecule has 3 nitrogen and oxygen atoms in total. The quantitative estimate of drug-likeness (QED) is 0.759. The van der Waals surface area contributed by atoms with Crippen molar-refractivity contribution in [3.63, 3.8) is 0 Å². The zero-order valence-electron chi connectivity index (χ0n) is 13.7. The summed E-state index contributed by atoms with van der Waals surface area (Å²) in [6.45, 7) is 7.67. The van der Waals surface area contributed by atoms with Crippen molar-refractivity contribution in [2.45, 2.75) is 52.5 Å². The van der Waals surface area contributed by atoms with Crippen LogP contribution in [0.15, 0.2) is 30.3 Å². The Bertz CT molecular complexity index is 405. The van der Waals surface area contributed by atoms with Crippen molar-refractivity contribution < 1.29 is 4.79 Å². The normalized spacial score (nSPS) is 13.7. The van der Waals surface area contributed by atoms with Crippen LogP contribution in [-0.2, 0) is 11.2 Å². The van der Waals surface area contributed by atoms with Crippen LogP contribution in [0.25, 0.3) is 0 Å². The molecule has 0 bridgehead atoms. The molecule has 0 saturated carbocycles. The van der Waals surface area contributed by atoms with E-state index in [1.54, 1.807) is 0 Å². The second-order valence-corrected chi connectivity index (χ2v) is 5.76. The first-order valence-corrected chi connectivity index (χ1v) is 8.18. The second kappa shape index (κ2) is 9.56. The molecule has 21 heavy (non-hydrogen) atoms. The van der Waals surface area contributed by atoms with Crippen molar-refractivity contribution in [2.75, 3.05) is 13.1 Å². The van der Waals surface area contributed by atoms with E-state index in [1.807, 2.05) is 23.1 Å². The molecule has 0 spiro atoms. The standard InChI is InChI=1S/C18H30N2O/c1-4-6-12-20(15(3)5-2)18(21)17(14-19)13-16-10-8-7-9-11-16/h7-11,15,17H,4-6,12-14,19H2,1-3H3. The summed E-state index contributed by atoms with van der Waals surface area (Å²) < 4.78 is 0. The molecule has 118 valence electrons. The number of amides is 1. The number of nitrogens with zero attached hydrogens (tertiary/aromatic N) is 1. The number of nitrogens with two attached hydrogens (primary N) is 1. The van der Waals surface area contributed by atoms with E-state index in [1.165, 1.54) is 5.56 Å². The van der Waals surface area contributed by atoms with Gasteiger partial charge in [0.1, 0.15) is 0 Å². The van der Waals surface area contributed by atoms with Crippen molar-refractivity contribution in [3.8, 4) is 0 Å². The summed E-state index contributed by atoms with van der Waals surface area (Å²) in [5, 5.41) is 0. The molecule has 2 unspecified atom stereocenters. The second-order valence-electron chi connectivity index (χ2n) is 5.76. The van der Waals surface area contributed by atoms with Crippen molar-refractivity contribution in [1.82, 2.24) is 4.90 Å². The molecule has 0 heterocycles. The van der Waals surface area contributed by atoms with Crippen molar-refractivity contribution >= 4 is 5.91 Å². The van der Waals surface area contributed by atoms with Gasteiger partial charge in [0.25, 0.3) is 0 Å². The van der Waals surface area contributed by atoms with E-state index in [2.05, 4.69) is 32.9 Å². The lowest BCUT2D eigenvalue weighted by Gasteiger charge is -2.32. The summed E-state index contributed by atoms with van der Waals surface area (Å²) in [5.74, 6) is 0.0995. The summed E-state index contributed by atoms with van der Waals surface area (Å²) in [6, 6.07) is 10.4. The van der Waals surface area contributed by atoms with E-state index in [9.17, 15) is 4.79 Å². The van der Waals surface area contributed by atoms with Gasteiger partial charge in [-0.15, -0.1) is 0 Å². The van der Waals surface area contributed by atoms with Gasteiger partial charge in [-0.3, -0.25) is 4.79 Å². The van der Waals surface area contributed by atoms with Crippen LogP contribution in [0.4, 0.5) is 0 Å². The molecule has 2 N–H and O–H groups in total. The van der Waals surface area contributed by atoms with E-state index in [0.29, 0.717) is 6.54 Å². The third kappa shape index (κ3) is 5.50. The minimum absolute atomic E-state index is 0.113. The molecule has 0 radical (unpaired) electrons. The van der Waals surface area contributed by atoms with Gasteiger partial charge >= 0.3 is 0 Å². The van der Waals surface area contributed by atoms with E-state index >= 15 is 0 Å². The lowest BCUT2D eigenvalue weighted by atomic mass is 9.97. The fourth-order valence-electron chi connectivity index (χ4n) is 2.50. The van der Waals surface area contributed by atoms with Gasteiger partial charge in [-0.25, -0.2) is 0 Å². The predicted molar refractivity (Wildman–Crippen MR) is 89.1 cm³/mol. The largest absolute Gasteiger partial charge is 0.340 e. The first kappa shape index (κ1) is 17.7. The lowest BCUT2D eigenvalue weighted by molar-refractivity contribution is -0.137. The molecule has 0 aliphatic heterocycles. The maximum absolute atomic E-state index is 12.8. The van der Waals surface area contributed by atoms with Crippen LogP contribution in [0, 0.1) is 5.92 Å². The smallest absolute Gasteiger partial charge is 0.227 e. The third-order valence-corrected chi connectivity index (χ3v) is 4.12. The molecule has 0 fully saturated rings. The Balaban J connectivity index is 2.77. The average Bonchev–Trinajstić information content (AvgIpc) is 2.53. The molecule has 1 aromatic carbocycles. The van der Waals surface area contributed by atoms with Gasteiger partial charge in [0.2, 0.25) is 5.91 Å². The number of hydrogen-bond donors (Lipinski definition) is 1. The molecular weight excluding hydrogens is 260 g/mol. The Morgan fingerprint density at radius 1 is 1.24 bits per heavy atom. The van der Waals surface area contributed by atoms with Crippen LogP contribution in [0.5, 0.6) is 0 Å². The summed E-state index contributed by atoms with van der Waals surface area (Å²) in [5.41, 5.74) is 7.06. The van der Waals surface area contributed by atoms with Gasteiger partial charge in [0, 0.05) is 19.1 Å². The first-order chi connectivity index (χ1) is 10.1. The number of benzene rings is 1. The van der Waals surface area contributed by atoms with Crippen LogP contribution in [-0.4, -0.2) is 29.9 Å². The fraction of sp³-hybridized carbons (Fsp3) is 0.611. The predicted octanol–water partition coefficient (Wildman–Crippen LogP) is 3.23. The number of hydrogen-bond acceptors (Lipinski definition) is 2. The first-order valence-electron chi connectivity index (χ1n) is 8.18. The van der Waals surface area contributed by atoms with Crippen LogP contribution in [0.2, 0.25) is 0 Å².